The van der Waals surface area contributed by atoms with Gasteiger partial charge in [0.25, 0.3) is 6.47 Å². The second kappa shape index (κ2) is 5.75. The van der Waals surface area contributed by atoms with Crippen molar-refractivity contribution in [2.24, 2.45) is 0 Å². The zero-order valence-electron chi connectivity index (χ0n) is 9.24. The van der Waals surface area contributed by atoms with E-state index in [1.54, 1.807) is 6.20 Å². The zero-order valence-corrected chi connectivity index (χ0v) is 9.24. The molecule has 4 heteroatoms. The van der Waals surface area contributed by atoms with Gasteiger partial charge in [0, 0.05) is 23.7 Å². The van der Waals surface area contributed by atoms with Crippen LogP contribution in [-0.4, -0.2) is 23.0 Å². The summed E-state index contributed by atoms with van der Waals surface area (Å²) in [5, 5.41) is 0. The molecule has 0 N–H and O–H groups in total. The van der Waals surface area contributed by atoms with Crippen LogP contribution in [0.3, 0.4) is 0 Å². The highest BCUT2D eigenvalue weighted by Gasteiger charge is 2.06. The summed E-state index contributed by atoms with van der Waals surface area (Å²) in [4.78, 5) is 18.4. The summed E-state index contributed by atoms with van der Waals surface area (Å²) < 4.78 is 4.69. The van der Waals surface area contributed by atoms with Crippen LogP contribution in [0.15, 0.2) is 42.9 Å². The van der Waals surface area contributed by atoms with E-state index in [4.69, 9.17) is 4.74 Å². The smallest absolute Gasteiger partial charge is 0.293 e. The first-order valence-electron chi connectivity index (χ1n) is 5.31. The van der Waals surface area contributed by atoms with E-state index in [-0.39, 0.29) is 0 Å². The number of rotatable bonds is 5. The van der Waals surface area contributed by atoms with Crippen molar-refractivity contribution in [1.29, 1.82) is 0 Å². The van der Waals surface area contributed by atoms with Crippen molar-refractivity contribution in [1.82, 2.24) is 9.97 Å². The van der Waals surface area contributed by atoms with Gasteiger partial charge < -0.3 is 4.74 Å². The summed E-state index contributed by atoms with van der Waals surface area (Å²) in [6.45, 7) is 0.794. The standard InChI is InChI=1S/C13H12N2O2/c16-10-17-7-6-12-8-14-9-15-13(12)11-4-2-1-3-5-11/h1-5,8-10H,6-7H2. The Bertz CT molecular complexity index is 486. The minimum Gasteiger partial charge on any atom is -0.468 e. The van der Waals surface area contributed by atoms with Gasteiger partial charge in [0.15, 0.2) is 0 Å². The molecule has 0 aliphatic heterocycles. The average Bonchev–Trinajstić information content (AvgIpc) is 2.41. The third-order valence-electron chi connectivity index (χ3n) is 2.39. The van der Waals surface area contributed by atoms with Gasteiger partial charge in [-0.25, -0.2) is 9.97 Å². The monoisotopic (exact) mass is 228 g/mol. The number of nitrogens with zero attached hydrogens (tertiary/aromatic N) is 2. The molecular weight excluding hydrogens is 216 g/mol. The number of carbonyl (C=O) groups excluding carboxylic acids is 1. The van der Waals surface area contributed by atoms with Crippen LogP contribution in [0.2, 0.25) is 0 Å². The highest BCUT2D eigenvalue weighted by molar-refractivity contribution is 5.62. The lowest BCUT2D eigenvalue weighted by Gasteiger charge is -2.07. The van der Waals surface area contributed by atoms with Crippen molar-refractivity contribution in [3.8, 4) is 11.3 Å². The first-order valence-corrected chi connectivity index (χ1v) is 5.31. The molecule has 2 rings (SSSR count). The third-order valence-corrected chi connectivity index (χ3v) is 2.39. The predicted octanol–water partition coefficient (Wildman–Crippen LogP) is 1.86. The topological polar surface area (TPSA) is 52.1 Å². The summed E-state index contributed by atoms with van der Waals surface area (Å²) in [7, 11) is 0. The molecule has 0 amide bonds. The molecule has 0 aliphatic carbocycles. The number of benzene rings is 1. The molecule has 0 bridgehead atoms. The molecule has 0 atom stereocenters. The number of carbonyl (C=O) groups is 1. The largest absolute Gasteiger partial charge is 0.468 e. The third kappa shape index (κ3) is 2.87. The lowest BCUT2D eigenvalue weighted by atomic mass is 10.1. The molecule has 1 aromatic heterocycles. The Labute approximate surface area is 99.3 Å². The van der Waals surface area contributed by atoms with E-state index in [1.807, 2.05) is 30.3 Å². The molecule has 0 saturated heterocycles. The van der Waals surface area contributed by atoms with E-state index in [9.17, 15) is 4.79 Å². The van der Waals surface area contributed by atoms with Crippen molar-refractivity contribution in [2.45, 2.75) is 6.42 Å². The summed E-state index contributed by atoms with van der Waals surface area (Å²) in [5.41, 5.74) is 2.90. The molecule has 0 fully saturated rings. The molecular formula is C13H12N2O2. The molecule has 1 heterocycles. The van der Waals surface area contributed by atoms with Crippen molar-refractivity contribution in [3.05, 3.63) is 48.4 Å². The molecule has 0 saturated carbocycles. The molecule has 0 aliphatic rings. The van der Waals surface area contributed by atoms with Crippen LogP contribution in [0, 0.1) is 0 Å². The van der Waals surface area contributed by atoms with Crippen LogP contribution >= 0.6 is 0 Å². The fraction of sp³-hybridized carbons (Fsp3) is 0.154. The Morgan fingerprint density at radius 1 is 1.24 bits per heavy atom. The highest BCUT2D eigenvalue weighted by atomic mass is 16.5. The molecule has 86 valence electrons. The van der Waals surface area contributed by atoms with Gasteiger partial charge in [-0.3, -0.25) is 4.79 Å². The molecule has 2 aromatic rings. The van der Waals surface area contributed by atoms with E-state index in [0.717, 1.165) is 16.8 Å². The van der Waals surface area contributed by atoms with Crippen LogP contribution in [0.1, 0.15) is 5.56 Å². The van der Waals surface area contributed by atoms with E-state index in [0.29, 0.717) is 19.5 Å². The highest BCUT2D eigenvalue weighted by Crippen LogP contribution is 2.20. The van der Waals surface area contributed by atoms with Crippen LogP contribution in [0.25, 0.3) is 11.3 Å². The molecule has 1 aromatic carbocycles. The minimum atomic E-state index is 0.344. The van der Waals surface area contributed by atoms with Gasteiger partial charge in [-0.05, 0) is 0 Å². The van der Waals surface area contributed by atoms with Crippen molar-refractivity contribution in [2.75, 3.05) is 6.61 Å². The molecule has 17 heavy (non-hydrogen) atoms. The summed E-state index contributed by atoms with van der Waals surface area (Å²) in [5.74, 6) is 0. The maximum Gasteiger partial charge on any atom is 0.293 e. The van der Waals surface area contributed by atoms with E-state index >= 15 is 0 Å². The van der Waals surface area contributed by atoms with Gasteiger partial charge in [0.05, 0.1) is 12.3 Å². The predicted molar refractivity (Wildman–Crippen MR) is 63.2 cm³/mol. The summed E-state index contributed by atoms with van der Waals surface area (Å²) >= 11 is 0. The zero-order chi connectivity index (χ0) is 11.9. The SMILES string of the molecule is O=COCCc1cncnc1-c1ccccc1. The quantitative estimate of drug-likeness (QED) is 0.579. The van der Waals surface area contributed by atoms with E-state index < -0.39 is 0 Å². The van der Waals surface area contributed by atoms with Gasteiger partial charge in [-0.1, -0.05) is 30.3 Å². The Balaban J connectivity index is 2.25. The number of hydrogen-bond donors (Lipinski definition) is 0. The number of aromatic nitrogens is 2. The van der Waals surface area contributed by atoms with Crippen molar-refractivity contribution < 1.29 is 9.53 Å². The summed E-state index contributed by atoms with van der Waals surface area (Å²) in [6, 6.07) is 9.87. The van der Waals surface area contributed by atoms with Crippen LogP contribution in [0.4, 0.5) is 0 Å². The van der Waals surface area contributed by atoms with E-state index in [2.05, 4.69) is 9.97 Å². The fourth-order valence-electron chi connectivity index (χ4n) is 1.61. The fourth-order valence-corrected chi connectivity index (χ4v) is 1.61. The lowest BCUT2D eigenvalue weighted by Crippen LogP contribution is -2.00. The Morgan fingerprint density at radius 3 is 2.82 bits per heavy atom. The molecule has 0 radical (unpaired) electrons. The van der Waals surface area contributed by atoms with Gasteiger partial charge in [-0.2, -0.15) is 0 Å². The lowest BCUT2D eigenvalue weighted by molar-refractivity contribution is -0.128. The minimum absolute atomic E-state index is 0.344. The van der Waals surface area contributed by atoms with Crippen LogP contribution < -0.4 is 0 Å². The van der Waals surface area contributed by atoms with Gasteiger partial charge in [0.2, 0.25) is 0 Å². The molecule has 4 nitrogen and oxygen atoms in total. The Hall–Kier alpha value is -2.23. The Morgan fingerprint density at radius 2 is 2.06 bits per heavy atom. The molecule has 0 spiro atoms. The van der Waals surface area contributed by atoms with Gasteiger partial charge >= 0.3 is 0 Å². The number of hydrogen-bond acceptors (Lipinski definition) is 4. The maximum absolute atomic E-state index is 10.1. The second-order valence-corrected chi connectivity index (χ2v) is 3.48. The molecule has 0 unspecified atom stereocenters. The van der Waals surface area contributed by atoms with Crippen LogP contribution in [-0.2, 0) is 16.0 Å². The van der Waals surface area contributed by atoms with Crippen molar-refractivity contribution >= 4 is 6.47 Å². The average molecular weight is 228 g/mol. The number of ether oxygens (including phenoxy) is 1. The second-order valence-electron chi connectivity index (χ2n) is 3.48. The first kappa shape index (κ1) is 11.3. The van der Waals surface area contributed by atoms with Gasteiger partial charge in [0.1, 0.15) is 6.33 Å². The van der Waals surface area contributed by atoms with Crippen LogP contribution in [0.5, 0.6) is 0 Å². The maximum atomic E-state index is 10.1. The van der Waals surface area contributed by atoms with E-state index in [1.165, 1.54) is 6.33 Å². The first-order chi connectivity index (χ1) is 8.42. The summed E-state index contributed by atoms with van der Waals surface area (Å²) in [6.07, 6.45) is 3.89. The Kier molecular flexibility index (Phi) is 3.81. The van der Waals surface area contributed by atoms with Gasteiger partial charge in [-0.15, -0.1) is 0 Å². The van der Waals surface area contributed by atoms with Crippen molar-refractivity contribution in [3.63, 3.8) is 0 Å². The normalized spacial score (nSPS) is 9.88.